The Morgan fingerprint density at radius 1 is 1.80 bits per heavy atom. The molecule has 0 nitrogen and oxygen atoms in total. The number of terminal acetylenes is 1. The van der Waals surface area contributed by atoms with Crippen LogP contribution in [0.3, 0.4) is 0 Å². The van der Waals surface area contributed by atoms with Crippen molar-refractivity contribution in [2.45, 2.75) is 13.3 Å². The third kappa shape index (κ3) is 12.3. The minimum atomic E-state index is 0. The molecule has 0 bridgehead atoms. The van der Waals surface area contributed by atoms with E-state index in [4.69, 9.17) is 6.42 Å². The van der Waals surface area contributed by atoms with Gasteiger partial charge in [0, 0.05) is 36.0 Å². The van der Waals surface area contributed by atoms with Gasteiger partial charge in [-0.05, 0) is 0 Å². The average Bonchev–Trinajstić information content (AvgIpc) is 1.37. The summed E-state index contributed by atoms with van der Waals surface area (Å²) in [6.07, 6.45) is 5.62. The molecule has 0 aromatic rings. The van der Waals surface area contributed by atoms with Crippen LogP contribution in [0.1, 0.15) is 13.3 Å². The Morgan fingerprint density at radius 2 is 2.00 bits per heavy atom. The molecule has 0 rings (SSSR count). The zero-order valence-corrected chi connectivity index (χ0v) is 5.78. The normalized spacial score (nSPS) is 4.00. The molecule has 0 N–H and O–H groups in total. The predicted molar refractivity (Wildman–Crippen MR) is 24.9 cm³/mol. The fourth-order valence-electron chi connectivity index (χ4n) is 0. The molecule has 0 spiro atoms. The van der Waals surface area contributed by atoms with Crippen LogP contribution in [0.25, 0.3) is 0 Å². The second kappa shape index (κ2) is 8.82. The van der Waals surface area contributed by atoms with Crippen molar-refractivity contribution in [2.75, 3.05) is 0 Å². The molecule has 0 aromatic heterocycles. The molecule has 0 aliphatic heterocycles. The predicted octanol–water partition coefficient (Wildman–Crippen LogP) is 0.649. The third-order valence-corrected chi connectivity index (χ3v) is 0.204. The Hall–Kier alpha value is 0.560. The zero-order chi connectivity index (χ0) is 3.41. The Bertz CT molecular complexity index is 33.4. The summed E-state index contributed by atoms with van der Waals surface area (Å²) in [4.78, 5) is 0. The van der Waals surface area contributed by atoms with E-state index in [0.29, 0.717) is 0 Å². The quantitative estimate of drug-likeness (QED) is 0.294. The molecule has 1 radical (unpaired) electrons. The van der Waals surface area contributed by atoms with Crippen LogP contribution >= 0.6 is 0 Å². The molecular formula is C4H6Na. The molecule has 0 aliphatic rings. The Balaban J connectivity index is 0. The summed E-state index contributed by atoms with van der Waals surface area (Å²) in [6, 6.07) is 0. The van der Waals surface area contributed by atoms with Crippen LogP contribution in [-0.2, 0) is 0 Å². The van der Waals surface area contributed by atoms with Crippen molar-refractivity contribution < 1.29 is 0 Å². The van der Waals surface area contributed by atoms with Gasteiger partial charge in [0.05, 0.1) is 0 Å². The van der Waals surface area contributed by atoms with Gasteiger partial charge in [-0.15, -0.1) is 12.3 Å². The summed E-state index contributed by atoms with van der Waals surface area (Å²) in [6.45, 7) is 1.94. The van der Waals surface area contributed by atoms with Crippen molar-refractivity contribution >= 4 is 29.6 Å². The molecule has 0 fully saturated rings. The summed E-state index contributed by atoms with van der Waals surface area (Å²) in [7, 11) is 0. The monoisotopic (exact) mass is 77.0 g/mol. The topological polar surface area (TPSA) is 0 Å². The van der Waals surface area contributed by atoms with Crippen molar-refractivity contribution in [2.24, 2.45) is 0 Å². The van der Waals surface area contributed by atoms with Gasteiger partial charge >= 0.3 is 0 Å². The van der Waals surface area contributed by atoms with E-state index in [9.17, 15) is 0 Å². The molecule has 1 heteroatoms. The summed E-state index contributed by atoms with van der Waals surface area (Å²) in [5, 5.41) is 0. The number of hydrogen-bond donors (Lipinski definition) is 0. The van der Waals surface area contributed by atoms with Gasteiger partial charge < -0.3 is 0 Å². The second-order valence-corrected chi connectivity index (χ2v) is 0.558. The first kappa shape index (κ1) is 9.12. The van der Waals surface area contributed by atoms with Crippen LogP contribution in [-0.4, -0.2) is 29.6 Å². The molecule has 0 aliphatic carbocycles. The van der Waals surface area contributed by atoms with Crippen molar-refractivity contribution in [1.29, 1.82) is 0 Å². The molecule has 5 heavy (non-hydrogen) atoms. The van der Waals surface area contributed by atoms with Crippen LogP contribution in [0, 0.1) is 12.3 Å². The molecule has 0 aromatic carbocycles. The van der Waals surface area contributed by atoms with E-state index >= 15 is 0 Å². The van der Waals surface area contributed by atoms with Crippen molar-refractivity contribution in [3.63, 3.8) is 0 Å². The van der Waals surface area contributed by atoms with Gasteiger partial charge in [-0.3, -0.25) is 0 Å². The molecule has 0 saturated heterocycles. The Morgan fingerprint density at radius 3 is 2.00 bits per heavy atom. The van der Waals surface area contributed by atoms with Crippen LogP contribution < -0.4 is 0 Å². The van der Waals surface area contributed by atoms with E-state index < -0.39 is 0 Å². The zero-order valence-electron chi connectivity index (χ0n) is 3.78. The van der Waals surface area contributed by atoms with E-state index in [-0.39, 0.29) is 29.6 Å². The molecule has 0 unspecified atom stereocenters. The van der Waals surface area contributed by atoms with Crippen LogP contribution in [0.15, 0.2) is 0 Å². The fourth-order valence-corrected chi connectivity index (χ4v) is 0. The number of hydrogen-bond acceptors (Lipinski definition) is 0. The van der Waals surface area contributed by atoms with E-state index in [1.807, 2.05) is 6.92 Å². The van der Waals surface area contributed by atoms with Gasteiger partial charge in [0.25, 0.3) is 0 Å². The average molecular weight is 77.1 g/mol. The van der Waals surface area contributed by atoms with E-state index in [1.165, 1.54) is 0 Å². The van der Waals surface area contributed by atoms with Crippen LogP contribution in [0.5, 0.6) is 0 Å². The van der Waals surface area contributed by atoms with E-state index in [0.717, 1.165) is 6.42 Å². The maximum Gasteiger partial charge on any atom is 0.00576 e. The maximum absolute atomic E-state index is 4.78. The van der Waals surface area contributed by atoms with Crippen molar-refractivity contribution in [3.05, 3.63) is 0 Å². The van der Waals surface area contributed by atoms with Crippen molar-refractivity contribution in [3.8, 4) is 12.3 Å². The van der Waals surface area contributed by atoms with E-state index in [1.54, 1.807) is 0 Å². The molecule has 0 amide bonds. The first-order valence-electron chi connectivity index (χ1n) is 1.35. The second-order valence-electron chi connectivity index (χ2n) is 0.558. The molecule has 0 heterocycles. The van der Waals surface area contributed by atoms with Crippen LogP contribution in [0.2, 0.25) is 0 Å². The minimum Gasteiger partial charge on any atom is -0.120 e. The molecule has 23 valence electrons. The van der Waals surface area contributed by atoms with Gasteiger partial charge in [-0.25, -0.2) is 0 Å². The Kier molecular flexibility index (Phi) is 16.1. The first-order chi connectivity index (χ1) is 1.91. The SMILES string of the molecule is C#CCC.[Na]. The van der Waals surface area contributed by atoms with Gasteiger partial charge in [0.1, 0.15) is 0 Å². The smallest absolute Gasteiger partial charge is 0.00576 e. The van der Waals surface area contributed by atoms with Crippen molar-refractivity contribution in [1.82, 2.24) is 0 Å². The van der Waals surface area contributed by atoms with Gasteiger partial charge in [0.15, 0.2) is 0 Å². The summed E-state index contributed by atoms with van der Waals surface area (Å²) >= 11 is 0. The largest absolute Gasteiger partial charge is 0.120 e. The molecule has 0 saturated carbocycles. The first-order valence-corrected chi connectivity index (χ1v) is 1.35. The standard InChI is InChI=1S/C4H6.Na/c1-3-4-2;/h1H,4H2,2H3;. The van der Waals surface area contributed by atoms with Crippen LogP contribution in [0.4, 0.5) is 0 Å². The third-order valence-electron chi connectivity index (χ3n) is 0.204. The van der Waals surface area contributed by atoms with Gasteiger partial charge in [0.2, 0.25) is 0 Å². The Labute approximate surface area is 55.2 Å². The summed E-state index contributed by atoms with van der Waals surface area (Å²) in [5.74, 6) is 2.43. The fraction of sp³-hybridized carbons (Fsp3) is 0.500. The van der Waals surface area contributed by atoms with Gasteiger partial charge in [-0.2, -0.15) is 0 Å². The van der Waals surface area contributed by atoms with Gasteiger partial charge in [-0.1, -0.05) is 6.92 Å². The minimum absolute atomic E-state index is 0. The maximum atomic E-state index is 4.78. The number of rotatable bonds is 0. The van der Waals surface area contributed by atoms with E-state index in [2.05, 4.69) is 5.92 Å². The summed E-state index contributed by atoms with van der Waals surface area (Å²) < 4.78 is 0. The molecule has 0 atom stereocenters. The molecular weight excluding hydrogens is 71.0 g/mol. The summed E-state index contributed by atoms with van der Waals surface area (Å²) in [5.41, 5.74) is 0.